The number of hydrogen-bond acceptors (Lipinski definition) is 0. The van der Waals surface area contributed by atoms with Crippen molar-refractivity contribution < 1.29 is 22.7 Å². The maximum absolute atomic E-state index is 3.79. The Bertz CT molecular complexity index is 181. The molecule has 56 valence electrons. The summed E-state index contributed by atoms with van der Waals surface area (Å²) in [6.45, 7) is 2.98. The van der Waals surface area contributed by atoms with Crippen LogP contribution in [0.15, 0.2) is 24.3 Å². The minimum absolute atomic E-state index is 0. The van der Waals surface area contributed by atoms with E-state index < -0.39 is 0 Å². The molecule has 0 atom stereocenters. The largest absolute Gasteiger partial charge is 1.00 e. The third kappa shape index (κ3) is 2.50. The Morgan fingerprint density at radius 2 is 1.70 bits per heavy atom. The van der Waals surface area contributed by atoms with Gasteiger partial charge in [0.05, 0.1) is 6.54 Å². The van der Waals surface area contributed by atoms with Gasteiger partial charge in [0.1, 0.15) is 0 Å². The number of aryl methyl sites for hydroxylation is 1. The maximum atomic E-state index is 3.79. The van der Waals surface area contributed by atoms with Gasteiger partial charge >= 0.3 is 0 Å². The van der Waals surface area contributed by atoms with Gasteiger partial charge in [0.25, 0.3) is 0 Å². The molecule has 0 saturated heterocycles. The van der Waals surface area contributed by atoms with Gasteiger partial charge in [0, 0.05) is 5.56 Å². The van der Waals surface area contributed by atoms with Gasteiger partial charge in [-0.25, -0.2) is 0 Å². The van der Waals surface area contributed by atoms with Gasteiger partial charge in [-0.2, -0.15) is 0 Å². The smallest absolute Gasteiger partial charge is 0.0997 e. The van der Waals surface area contributed by atoms with Crippen LogP contribution in [0.3, 0.4) is 0 Å². The molecule has 0 heterocycles. The summed E-state index contributed by atoms with van der Waals surface area (Å²) < 4.78 is 0. The van der Waals surface area contributed by atoms with Gasteiger partial charge in [-0.15, -0.1) is 0 Å². The van der Waals surface area contributed by atoms with Crippen molar-refractivity contribution in [2.24, 2.45) is 0 Å². The van der Waals surface area contributed by atoms with Gasteiger partial charge in [0.15, 0.2) is 0 Å². The van der Waals surface area contributed by atoms with E-state index in [1.165, 1.54) is 11.1 Å². The molecular weight excluding hydrogens is 190 g/mol. The first-order chi connectivity index (χ1) is 4.33. The van der Waals surface area contributed by atoms with Crippen LogP contribution in [0.25, 0.3) is 0 Å². The van der Waals surface area contributed by atoms with Gasteiger partial charge in [-0.05, 0) is 6.92 Å². The van der Waals surface area contributed by atoms with Crippen molar-refractivity contribution in [3.8, 4) is 0 Å². The zero-order valence-electron chi connectivity index (χ0n) is 6.10. The van der Waals surface area contributed by atoms with E-state index >= 15 is 0 Å². The van der Waals surface area contributed by atoms with E-state index in [1.807, 2.05) is 0 Å². The zero-order chi connectivity index (χ0) is 6.69. The Morgan fingerprint density at radius 1 is 1.20 bits per heavy atom. The Morgan fingerprint density at radius 3 is 2.10 bits per heavy atom. The van der Waals surface area contributed by atoms with E-state index in [-0.39, 0.29) is 17.0 Å². The molecule has 10 heavy (non-hydrogen) atoms. The van der Waals surface area contributed by atoms with Crippen molar-refractivity contribution in [1.29, 1.82) is 0 Å². The fourth-order valence-corrected chi connectivity index (χ4v) is 0.755. The van der Waals surface area contributed by atoms with Crippen molar-refractivity contribution in [2.75, 3.05) is 0 Å². The zero-order valence-corrected chi connectivity index (χ0v) is 7.69. The molecule has 2 heteroatoms. The van der Waals surface area contributed by atoms with Crippen molar-refractivity contribution in [2.45, 2.75) is 13.5 Å². The van der Waals surface area contributed by atoms with Crippen LogP contribution in [0.1, 0.15) is 11.1 Å². The molecule has 1 aromatic rings. The molecule has 0 spiro atoms. The molecule has 1 aromatic carbocycles. The van der Waals surface area contributed by atoms with Crippen LogP contribution in [0.2, 0.25) is 0 Å². The van der Waals surface area contributed by atoms with Crippen LogP contribution in [0.5, 0.6) is 0 Å². The standard InChI is InChI=1S/C8H11N.BrH/c1-7-2-4-8(6-9)5-3-7;/h2-5H,6,9H2,1H3;1H. The van der Waals surface area contributed by atoms with Gasteiger partial charge < -0.3 is 22.7 Å². The average molecular weight is 202 g/mol. The summed E-state index contributed by atoms with van der Waals surface area (Å²) in [5.41, 5.74) is 6.40. The second-order valence-electron chi connectivity index (χ2n) is 2.24. The quantitative estimate of drug-likeness (QED) is 0.532. The highest BCUT2D eigenvalue weighted by Gasteiger charge is 1.87. The first-order valence-corrected chi connectivity index (χ1v) is 3.17. The number of quaternary nitrogens is 1. The van der Waals surface area contributed by atoms with E-state index in [0.717, 1.165) is 6.54 Å². The summed E-state index contributed by atoms with van der Waals surface area (Å²) in [4.78, 5) is 0. The third-order valence-corrected chi connectivity index (χ3v) is 1.41. The fraction of sp³-hybridized carbons (Fsp3) is 0.250. The molecule has 0 aliphatic rings. The molecule has 0 saturated carbocycles. The first kappa shape index (κ1) is 9.66. The second kappa shape index (κ2) is 4.47. The summed E-state index contributed by atoms with van der Waals surface area (Å²) in [6.07, 6.45) is 0. The molecule has 0 unspecified atom stereocenters. The highest BCUT2D eigenvalue weighted by molar-refractivity contribution is 5.20. The minimum Gasteiger partial charge on any atom is -1.00 e. The average Bonchev–Trinajstić information content (AvgIpc) is 1.90. The highest BCUT2D eigenvalue weighted by Crippen LogP contribution is 2.00. The molecule has 0 fully saturated rings. The van der Waals surface area contributed by atoms with Crippen molar-refractivity contribution in [1.82, 2.24) is 0 Å². The van der Waals surface area contributed by atoms with Gasteiger partial charge in [-0.1, -0.05) is 29.8 Å². The van der Waals surface area contributed by atoms with Gasteiger partial charge in [0.2, 0.25) is 0 Å². The molecule has 0 bridgehead atoms. The van der Waals surface area contributed by atoms with E-state index in [0.29, 0.717) is 0 Å². The first-order valence-electron chi connectivity index (χ1n) is 3.17. The van der Waals surface area contributed by atoms with E-state index in [1.54, 1.807) is 0 Å². The van der Waals surface area contributed by atoms with Crippen LogP contribution < -0.4 is 22.7 Å². The normalized spacial score (nSPS) is 8.60. The van der Waals surface area contributed by atoms with Crippen LogP contribution >= 0.6 is 0 Å². The van der Waals surface area contributed by atoms with E-state index in [2.05, 4.69) is 36.9 Å². The van der Waals surface area contributed by atoms with Crippen LogP contribution in [0, 0.1) is 6.92 Å². The number of halogens is 1. The lowest BCUT2D eigenvalue weighted by Gasteiger charge is -1.92. The number of hydrogen-bond donors (Lipinski definition) is 1. The molecule has 0 radical (unpaired) electrons. The predicted octanol–water partition coefficient (Wildman–Crippen LogP) is -2.26. The lowest BCUT2D eigenvalue weighted by Crippen LogP contribution is -3.00. The predicted molar refractivity (Wildman–Crippen MR) is 37.8 cm³/mol. The second-order valence-corrected chi connectivity index (χ2v) is 2.24. The lowest BCUT2D eigenvalue weighted by molar-refractivity contribution is -0.386. The van der Waals surface area contributed by atoms with Crippen molar-refractivity contribution in [3.63, 3.8) is 0 Å². The number of rotatable bonds is 1. The van der Waals surface area contributed by atoms with Crippen LogP contribution in [-0.4, -0.2) is 0 Å². The van der Waals surface area contributed by atoms with Crippen LogP contribution in [0.4, 0.5) is 0 Å². The maximum Gasteiger partial charge on any atom is 0.0997 e. The third-order valence-electron chi connectivity index (χ3n) is 1.41. The summed E-state index contributed by atoms with van der Waals surface area (Å²) in [5, 5.41) is 0. The number of benzene rings is 1. The summed E-state index contributed by atoms with van der Waals surface area (Å²) >= 11 is 0. The van der Waals surface area contributed by atoms with Crippen molar-refractivity contribution >= 4 is 0 Å². The van der Waals surface area contributed by atoms with E-state index in [4.69, 9.17) is 0 Å². The molecule has 0 aliphatic heterocycles. The molecule has 1 rings (SSSR count). The Hall–Kier alpha value is -0.340. The molecular formula is C8H12BrN. The van der Waals surface area contributed by atoms with Gasteiger partial charge in [-0.3, -0.25) is 0 Å². The van der Waals surface area contributed by atoms with Crippen LogP contribution in [-0.2, 0) is 6.54 Å². The molecule has 0 amide bonds. The Kier molecular flexibility index (Phi) is 4.32. The summed E-state index contributed by atoms with van der Waals surface area (Å²) in [6, 6.07) is 8.45. The molecule has 3 N–H and O–H groups in total. The summed E-state index contributed by atoms with van der Waals surface area (Å²) in [5.74, 6) is 0. The SMILES string of the molecule is Cc1ccc(C[NH3+])cc1.[Br-]. The molecule has 0 aliphatic carbocycles. The summed E-state index contributed by atoms with van der Waals surface area (Å²) in [7, 11) is 0. The van der Waals surface area contributed by atoms with E-state index in [9.17, 15) is 0 Å². The topological polar surface area (TPSA) is 27.6 Å². The highest BCUT2D eigenvalue weighted by atomic mass is 79.9. The fourth-order valence-electron chi connectivity index (χ4n) is 0.755. The Balaban J connectivity index is 0.000000810. The molecule has 1 nitrogen and oxygen atoms in total. The van der Waals surface area contributed by atoms with Crippen molar-refractivity contribution in [3.05, 3.63) is 35.4 Å². The Labute approximate surface area is 72.0 Å². The minimum atomic E-state index is 0. The lowest BCUT2D eigenvalue weighted by atomic mass is 10.2. The monoisotopic (exact) mass is 201 g/mol. The molecule has 0 aromatic heterocycles.